The molecule has 19 heavy (non-hydrogen) atoms. The van der Waals surface area contributed by atoms with E-state index in [2.05, 4.69) is 49.2 Å². The summed E-state index contributed by atoms with van der Waals surface area (Å²) in [7, 11) is 2.00. The van der Waals surface area contributed by atoms with E-state index in [-0.39, 0.29) is 0 Å². The number of hydrogen-bond donors (Lipinski definition) is 1. The molecular weight excluding hydrogens is 232 g/mol. The van der Waals surface area contributed by atoms with Crippen LogP contribution in [0.15, 0.2) is 18.2 Å². The molecule has 108 valence electrons. The van der Waals surface area contributed by atoms with Gasteiger partial charge in [-0.2, -0.15) is 0 Å². The van der Waals surface area contributed by atoms with Crippen LogP contribution in [0.1, 0.15) is 50.7 Å². The van der Waals surface area contributed by atoms with E-state index in [9.17, 15) is 0 Å². The quantitative estimate of drug-likeness (QED) is 0.720. The van der Waals surface area contributed by atoms with E-state index in [0.29, 0.717) is 0 Å². The molecule has 1 aromatic rings. The molecule has 0 aromatic heterocycles. The maximum Gasteiger partial charge on any atom is 0.0396 e. The van der Waals surface area contributed by atoms with E-state index in [4.69, 9.17) is 0 Å². The van der Waals surface area contributed by atoms with E-state index in [0.717, 1.165) is 6.54 Å². The minimum atomic E-state index is 0.949. The highest BCUT2D eigenvalue weighted by Crippen LogP contribution is 2.22. The standard InChI is InChI=1S/C17H30N2/c1-5-7-11-19(12-8-6-2)17-10-9-16(14-18-4)13-15(17)3/h9-10,13,18H,5-8,11-12,14H2,1-4H3. The summed E-state index contributed by atoms with van der Waals surface area (Å²) in [6, 6.07) is 6.87. The van der Waals surface area contributed by atoms with E-state index in [1.165, 1.54) is 55.6 Å². The van der Waals surface area contributed by atoms with Gasteiger partial charge in [0.2, 0.25) is 0 Å². The number of anilines is 1. The molecule has 0 aliphatic heterocycles. The van der Waals surface area contributed by atoms with Crippen LogP contribution >= 0.6 is 0 Å². The second-order valence-corrected chi connectivity index (χ2v) is 5.35. The normalized spacial score (nSPS) is 10.7. The van der Waals surface area contributed by atoms with Crippen LogP contribution in [0.4, 0.5) is 5.69 Å². The third-order valence-corrected chi connectivity index (χ3v) is 3.55. The fraction of sp³-hybridized carbons (Fsp3) is 0.647. The lowest BCUT2D eigenvalue weighted by molar-refractivity contribution is 0.676. The van der Waals surface area contributed by atoms with Crippen LogP contribution in [0.2, 0.25) is 0 Å². The molecule has 2 nitrogen and oxygen atoms in total. The van der Waals surface area contributed by atoms with Crippen molar-refractivity contribution in [2.75, 3.05) is 25.0 Å². The lowest BCUT2D eigenvalue weighted by Gasteiger charge is -2.26. The highest BCUT2D eigenvalue weighted by Gasteiger charge is 2.08. The summed E-state index contributed by atoms with van der Waals surface area (Å²) in [5.74, 6) is 0. The second kappa shape index (κ2) is 8.98. The molecule has 2 heteroatoms. The summed E-state index contributed by atoms with van der Waals surface area (Å²) >= 11 is 0. The minimum absolute atomic E-state index is 0.949. The molecule has 0 saturated heterocycles. The molecule has 0 saturated carbocycles. The molecule has 0 amide bonds. The van der Waals surface area contributed by atoms with Crippen molar-refractivity contribution >= 4 is 5.69 Å². The zero-order valence-corrected chi connectivity index (χ0v) is 13.1. The monoisotopic (exact) mass is 262 g/mol. The number of hydrogen-bond acceptors (Lipinski definition) is 2. The average molecular weight is 262 g/mol. The van der Waals surface area contributed by atoms with Gasteiger partial charge >= 0.3 is 0 Å². The average Bonchev–Trinajstić information content (AvgIpc) is 2.40. The van der Waals surface area contributed by atoms with Crippen LogP contribution in [0.5, 0.6) is 0 Å². The summed E-state index contributed by atoms with van der Waals surface area (Å²) in [5.41, 5.74) is 4.19. The first-order valence-electron chi connectivity index (χ1n) is 7.72. The molecule has 0 aliphatic carbocycles. The van der Waals surface area contributed by atoms with Gasteiger partial charge in [-0.15, -0.1) is 0 Å². The largest absolute Gasteiger partial charge is 0.371 e. The number of nitrogens with one attached hydrogen (secondary N) is 1. The number of aryl methyl sites for hydroxylation is 1. The predicted octanol–water partition coefficient (Wildman–Crippen LogP) is 4.12. The Kier molecular flexibility index (Phi) is 7.57. The highest BCUT2D eigenvalue weighted by molar-refractivity contribution is 5.54. The fourth-order valence-corrected chi connectivity index (χ4v) is 2.44. The molecule has 1 aromatic carbocycles. The Labute approximate surface area is 119 Å². The fourth-order valence-electron chi connectivity index (χ4n) is 2.44. The molecule has 0 heterocycles. The molecule has 0 spiro atoms. The van der Waals surface area contributed by atoms with Gasteiger partial charge < -0.3 is 10.2 Å². The maximum absolute atomic E-state index is 3.21. The third-order valence-electron chi connectivity index (χ3n) is 3.55. The van der Waals surface area contributed by atoms with Crippen molar-refractivity contribution in [2.24, 2.45) is 0 Å². The summed E-state index contributed by atoms with van der Waals surface area (Å²) in [4.78, 5) is 2.56. The van der Waals surface area contributed by atoms with Crippen LogP contribution < -0.4 is 10.2 Å². The third kappa shape index (κ3) is 5.23. The van der Waals surface area contributed by atoms with Crippen molar-refractivity contribution in [3.63, 3.8) is 0 Å². The smallest absolute Gasteiger partial charge is 0.0396 e. The highest BCUT2D eigenvalue weighted by atomic mass is 15.1. The topological polar surface area (TPSA) is 15.3 Å². The molecular formula is C17H30N2. The lowest BCUT2D eigenvalue weighted by atomic mass is 10.1. The van der Waals surface area contributed by atoms with Gasteiger partial charge in [0.25, 0.3) is 0 Å². The van der Waals surface area contributed by atoms with Crippen LogP contribution in [0.25, 0.3) is 0 Å². The molecule has 0 radical (unpaired) electrons. The van der Waals surface area contributed by atoms with Crippen molar-refractivity contribution in [3.05, 3.63) is 29.3 Å². The molecule has 0 unspecified atom stereocenters. The Morgan fingerprint density at radius 1 is 1.05 bits per heavy atom. The van der Waals surface area contributed by atoms with Crippen molar-refractivity contribution in [1.82, 2.24) is 5.32 Å². The van der Waals surface area contributed by atoms with Gasteiger partial charge in [-0.05, 0) is 44.0 Å². The van der Waals surface area contributed by atoms with E-state index in [1.807, 2.05) is 7.05 Å². The van der Waals surface area contributed by atoms with Gasteiger partial charge in [0.1, 0.15) is 0 Å². The lowest BCUT2D eigenvalue weighted by Crippen LogP contribution is -2.26. The van der Waals surface area contributed by atoms with Gasteiger partial charge in [0, 0.05) is 25.3 Å². The molecule has 0 fully saturated rings. The van der Waals surface area contributed by atoms with Crippen molar-refractivity contribution in [3.8, 4) is 0 Å². The first kappa shape index (κ1) is 16.0. The van der Waals surface area contributed by atoms with Crippen LogP contribution in [0.3, 0.4) is 0 Å². The van der Waals surface area contributed by atoms with Crippen LogP contribution in [0, 0.1) is 6.92 Å². The number of nitrogens with zero attached hydrogens (tertiary/aromatic N) is 1. The SMILES string of the molecule is CCCCN(CCCC)c1ccc(CNC)cc1C. The maximum atomic E-state index is 3.21. The number of rotatable bonds is 9. The minimum Gasteiger partial charge on any atom is -0.371 e. The zero-order chi connectivity index (χ0) is 14.1. The van der Waals surface area contributed by atoms with Gasteiger partial charge in [-0.3, -0.25) is 0 Å². The summed E-state index contributed by atoms with van der Waals surface area (Å²) < 4.78 is 0. The molecule has 0 atom stereocenters. The van der Waals surface area contributed by atoms with Gasteiger partial charge in [0.15, 0.2) is 0 Å². The van der Waals surface area contributed by atoms with Crippen LogP contribution in [-0.2, 0) is 6.54 Å². The summed E-state index contributed by atoms with van der Waals surface area (Å²) in [5, 5.41) is 3.21. The van der Waals surface area contributed by atoms with Crippen LogP contribution in [-0.4, -0.2) is 20.1 Å². The second-order valence-electron chi connectivity index (χ2n) is 5.35. The first-order chi connectivity index (χ1) is 9.22. The van der Waals surface area contributed by atoms with Crippen molar-refractivity contribution in [1.29, 1.82) is 0 Å². The van der Waals surface area contributed by atoms with E-state index in [1.54, 1.807) is 0 Å². The van der Waals surface area contributed by atoms with Gasteiger partial charge in [-0.1, -0.05) is 38.8 Å². The van der Waals surface area contributed by atoms with Gasteiger partial charge in [-0.25, -0.2) is 0 Å². The predicted molar refractivity (Wildman–Crippen MR) is 86.0 cm³/mol. The first-order valence-corrected chi connectivity index (χ1v) is 7.72. The molecule has 0 aliphatic rings. The molecule has 1 rings (SSSR count). The number of benzene rings is 1. The zero-order valence-electron chi connectivity index (χ0n) is 13.1. The van der Waals surface area contributed by atoms with E-state index >= 15 is 0 Å². The summed E-state index contributed by atoms with van der Waals surface area (Å²) in [6.45, 7) is 10.1. The van der Waals surface area contributed by atoms with Crippen molar-refractivity contribution < 1.29 is 0 Å². The number of unbranched alkanes of at least 4 members (excludes halogenated alkanes) is 2. The molecule has 1 N–H and O–H groups in total. The Hall–Kier alpha value is -1.02. The Morgan fingerprint density at radius 3 is 2.16 bits per heavy atom. The Balaban J connectivity index is 2.81. The molecule has 0 bridgehead atoms. The van der Waals surface area contributed by atoms with Crippen molar-refractivity contribution in [2.45, 2.75) is 53.0 Å². The Morgan fingerprint density at radius 2 is 1.68 bits per heavy atom. The Bertz CT molecular complexity index is 352. The summed E-state index contributed by atoms with van der Waals surface area (Å²) in [6.07, 6.45) is 5.09. The van der Waals surface area contributed by atoms with Gasteiger partial charge in [0.05, 0.1) is 0 Å². The van der Waals surface area contributed by atoms with E-state index < -0.39 is 0 Å².